The molecule has 0 atom stereocenters. The summed E-state index contributed by atoms with van der Waals surface area (Å²) in [5.41, 5.74) is 0.962. The van der Waals surface area contributed by atoms with Gasteiger partial charge >= 0.3 is 0 Å². The van der Waals surface area contributed by atoms with Gasteiger partial charge in [0.25, 0.3) is 0 Å². The van der Waals surface area contributed by atoms with Crippen LogP contribution >= 0.6 is 0 Å². The van der Waals surface area contributed by atoms with Crippen molar-refractivity contribution < 1.29 is 9.18 Å². The molecule has 0 unspecified atom stereocenters. The molecule has 1 amide bonds. The van der Waals surface area contributed by atoms with E-state index in [4.69, 9.17) is 5.26 Å². The minimum atomic E-state index is -0.390. The van der Waals surface area contributed by atoms with Crippen LogP contribution in [0.2, 0.25) is 0 Å². The standard InChI is InChI=1S/C10H9FN2O/c1-7-6-8(2-3-9(7)11)13-10(14)4-5-12/h2-3,6H,4H2,1H3,(H,13,14). The maximum atomic E-state index is 12.8. The largest absolute Gasteiger partial charge is 0.325 e. The van der Waals surface area contributed by atoms with Crippen molar-refractivity contribution in [2.24, 2.45) is 0 Å². The molecule has 0 saturated heterocycles. The van der Waals surface area contributed by atoms with Gasteiger partial charge in [-0.3, -0.25) is 4.79 Å². The lowest BCUT2D eigenvalue weighted by molar-refractivity contribution is -0.115. The van der Waals surface area contributed by atoms with Crippen LogP contribution in [0.5, 0.6) is 0 Å². The molecule has 0 aliphatic heterocycles. The van der Waals surface area contributed by atoms with Crippen LogP contribution < -0.4 is 5.32 Å². The van der Waals surface area contributed by atoms with Crippen LogP contribution in [-0.4, -0.2) is 5.91 Å². The van der Waals surface area contributed by atoms with Crippen LogP contribution in [0.1, 0.15) is 12.0 Å². The Morgan fingerprint density at radius 3 is 2.93 bits per heavy atom. The van der Waals surface area contributed by atoms with Gasteiger partial charge < -0.3 is 5.32 Å². The van der Waals surface area contributed by atoms with E-state index < -0.39 is 5.91 Å². The van der Waals surface area contributed by atoms with Crippen LogP contribution in [-0.2, 0) is 4.79 Å². The van der Waals surface area contributed by atoms with Crippen molar-refractivity contribution in [3.8, 4) is 6.07 Å². The van der Waals surface area contributed by atoms with E-state index in [1.165, 1.54) is 18.2 Å². The number of halogens is 1. The third-order valence-electron chi connectivity index (χ3n) is 1.68. The topological polar surface area (TPSA) is 52.9 Å². The second-order valence-electron chi connectivity index (χ2n) is 2.85. The summed E-state index contributed by atoms with van der Waals surface area (Å²) in [5.74, 6) is -0.707. The SMILES string of the molecule is Cc1cc(NC(=O)CC#N)ccc1F. The first-order valence-electron chi connectivity index (χ1n) is 4.06. The molecular formula is C10H9FN2O. The fourth-order valence-corrected chi connectivity index (χ4v) is 0.999. The van der Waals surface area contributed by atoms with Crippen molar-refractivity contribution in [2.45, 2.75) is 13.3 Å². The summed E-state index contributed by atoms with van der Waals surface area (Å²) < 4.78 is 12.8. The normalized spacial score (nSPS) is 9.21. The molecule has 0 bridgehead atoms. The summed E-state index contributed by atoms with van der Waals surface area (Å²) in [5, 5.41) is 10.7. The molecule has 0 saturated carbocycles. The Balaban J connectivity index is 2.74. The van der Waals surface area contributed by atoms with E-state index in [9.17, 15) is 9.18 Å². The molecule has 3 nitrogen and oxygen atoms in total. The van der Waals surface area contributed by atoms with Crippen molar-refractivity contribution in [2.75, 3.05) is 5.32 Å². The van der Waals surface area contributed by atoms with Gasteiger partial charge in [0.15, 0.2) is 0 Å². The molecule has 0 fully saturated rings. The average molecular weight is 192 g/mol. The molecule has 14 heavy (non-hydrogen) atoms. The maximum absolute atomic E-state index is 12.8. The Bertz CT molecular complexity index is 396. The highest BCUT2D eigenvalue weighted by atomic mass is 19.1. The zero-order valence-electron chi connectivity index (χ0n) is 7.67. The van der Waals surface area contributed by atoms with Gasteiger partial charge in [0, 0.05) is 5.69 Å². The number of carbonyl (C=O) groups is 1. The van der Waals surface area contributed by atoms with Crippen LogP contribution in [0.4, 0.5) is 10.1 Å². The predicted octanol–water partition coefficient (Wildman–Crippen LogP) is 1.99. The molecule has 0 aromatic heterocycles. The Hall–Kier alpha value is -1.89. The van der Waals surface area contributed by atoms with Crippen molar-refractivity contribution in [3.63, 3.8) is 0 Å². The summed E-state index contributed by atoms with van der Waals surface area (Å²) in [6, 6.07) is 5.98. The summed E-state index contributed by atoms with van der Waals surface area (Å²) in [6.07, 6.45) is -0.198. The number of benzene rings is 1. The van der Waals surface area contributed by atoms with Gasteiger partial charge in [-0.05, 0) is 30.7 Å². The van der Waals surface area contributed by atoms with Gasteiger partial charge in [0.2, 0.25) is 5.91 Å². The molecule has 0 aliphatic rings. The van der Waals surface area contributed by atoms with E-state index in [0.717, 1.165) is 0 Å². The lowest BCUT2D eigenvalue weighted by Gasteiger charge is -2.03. The predicted molar refractivity (Wildman–Crippen MR) is 50.0 cm³/mol. The molecule has 0 aliphatic carbocycles. The molecule has 0 radical (unpaired) electrons. The summed E-state index contributed by atoms with van der Waals surface area (Å²) in [7, 11) is 0. The first-order valence-corrected chi connectivity index (χ1v) is 4.06. The molecule has 1 aromatic carbocycles. The van der Waals surface area contributed by atoms with Gasteiger partial charge in [0.05, 0.1) is 6.07 Å². The average Bonchev–Trinajstić information content (AvgIpc) is 2.12. The number of aryl methyl sites for hydroxylation is 1. The molecule has 4 heteroatoms. The number of rotatable bonds is 2. The molecule has 1 aromatic rings. The van der Waals surface area contributed by atoms with E-state index in [-0.39, 0.29) is 12.2 Å². The quantitative estimate of drug-likeness (QED) is 0.778. The van der Waals surface area contributed by atoms with Crippen molar-refractivity contribution >= 4 is 11.6 Å². The fraction of sp³-hybridized carbons (Fsp3) is 0.200. The number of amides is 1. The summed E-state index contributed by atoms with van der Waals surface area (Å²) in [4.78, 5) is 11.0. The highest BCUT2D eigenvalue weighted by Gasteiger charge is 2.02. The molecule has 1 rings (SSSR count). The van der Waals surface area contributed by atoms with E-state index >= 15 is 0 Å². The molecule has 0 heterocycles. The van der Waals surface area contributed by atoms with Gasteiger partial charge in [-0.1, -0.05) is 0 Å². The third kappa shape index (κ3) is 2.56. The fourth-order valence-electron chi connectivity index (χ4n) is 0.999. The van der Waals surface area contributed by atoms with Gasteiger partial charge in [-0.25, -0.2) is 4.39 Å². The van der Waals surface area contributed by atoms with Gasteiger partial charge in [-0.2, -0.15) is 5.26 Å². The first-order chi connectivity index (χ1) is 6.63. The van der Waals surface area contributed by atoms with Crippen LogP contribution in [0, 0.1) is 24.1 Å². The minimum absolute atomic E-state index is 0.198. The summed E-state index contributed by atoms with van der Waals surface area (Å²) >= 11 is 0. The van der Waals surface area contributed by atoms with E-state index in [1.807, 2.05) is 0 Å². The number of nitrogens with zero attached hydrogens (tertiary/aromatic N) is 1. The zero-order chi connectivity index (χ0) is 10.6. The number of hydrogen-bond acceptors (Lipinski definition) is 2. The second-order valence-corrected chi connectivity index (χ2v) is 2.85. The van der Waals surface area contributed by atoms with Crippen molar-refractivity contribution in [3.05, 3.63) is 29.6 Å². The highest BCUT2D eigenvalue weighted by molar-refractivity contribution is 5.92. The van der Waals surface area contributed by atoms with Crippen molar-refractivity contribution in [1.29, 1.82) is 5.26 Å². The minimum Gasteiger partial charge on any atom is -0.325 e. The monoisotopic (exact) mass is 192 g/mol. The maximum Gasteiger partial charge on any atom is 0.238 e. The van der Waals surface area contributed by atoms with Crippen molar-refractivity contribution in [1.82, 2.24) is 0 Å². The lowest BCUT2D eigenvalue weighted by atomic mass is 10.2. The van der Waals surface area contributed by atoms with E-state index in [1.54, 1.807) is 13.0 Å². The van der Waals surface area contributed by atoms with Gasteiger partial charge in [0.1, 0.15) is 12.2 Å². The van der Waals surface area contributed by atoms with Crippen LogP contribution in [0.25, 0.3) is 0 Å². The number of anilines is 1. The number of nitrogens with one attached hydrogen (secondary N) is 1. The number of carbonyl (C=O) groups excluding carboxylic acids is 1. The van der Waals surface area contributed by atoms with Crippen LogP contribution in [0.3, 0.4) is 0 Å². The highest BCUT2D eigenvalue weighted by Crippen LogP contribution is 2.13. The lowest BCUT2D eigenvalue weighted by Crippen LogP contribution is -2.10. The molecule has 0 spiro atoms. The number of hydrogen-bond donors (Lipinski definition) is 1. The molecular weight excluding hydrogens is 183 g/mol. The Kier molecular flexibility index (Phi) is 3.19. The third-order valence-corrected chi connectivity index (χ3v) is 1.68. The second kappa shape index (κ2) is 4.38. The smallest absolute Gasteiger partial charge is 0.238 e. The van der Waals surface area contributed by atoms with Gasteiger partial charge in [-0.15, -0.1) is 0 Å². The number of nitriles is 1. The Morgan fingerprint density at radius 2 is 2.36 bits per heavy atom. The zero-order valence-corrected chi connectivity index (χ0v) is 7.67. The Labute approximate surface area is 81.2 Å². The van der Waals surface area contributed by atoms with E-state index in [2.05, 4.69) is 5.32 Å². The Morgan fingerprint density at radius 1 is 1.64 bits per heavy atom. The first kappa shape index (κ1) is 10.2. The molecule has 72 valence electrons. The summed E-state index contributed by atoms with van der Waals surface area (Å²) in [6.45, 7) is 1.61. The van der Waals surface area contributed by atoms with Crippen LogP contribution in [0.15, 0.2) is 18.2 Å². The van der Waals surface area contributed by atoms with E-state index in [0.29, 0.717) is 11.3 Å². The molecule has 1 N–H and O–H groups in total.